The van der Waals surface area contributed by atoms with Gasteiger partial charge in [-0.15, -0.1) is 0 Å². The van der Waals surface area contributed by atoms with Gasteiger partial charge in [-0.25, -0.2) is 0 Å². The van der Waals surface area contributed by atoms with Crippen molar-refractivity contribution in [2.75, 3.05) is 13.6 Å². The number of carbonyl (C=O) groups excluding carboxylic acids is 2. The van der Waals surface area contributed by atoms with Gasteiger partial charge < -0.3 is 14.5 Å². The van der Waals surface area contributed by atoms with Crippen LogP contribution in [-0.2, 0) is 22.6 Å². The summed E-state index contributed by atoms with van der Waals surface area (Å²) < 4.78 is 6.17. The van der Waals surface area contributed by atoms with Crippen LogP contribution in [0.3, 0.4) is 0 Å². The molecule has 0 saturated heterocycles. The van der Waals surface area contributed by atoms with Gasteiger partial charge in [0.25, 0.3) is 5.91 Å². The van der Waals surface area contributed by atoms with Crippen LogP contribution < -0.4 is 4.74 Å². The van der Waals surface area contributed by atoms with Crippen LogP contribution in [-0.4, -0.2) is 41.3 Å². The Hall–Kier alpha value is -3.60. The monoisotopic (exact) mass is 482 g/mol. The van der Waals surface area contributed by atoms with Crippen molar-refractivity contribution in [1.29, 1.82) is 0 Å². The number of benzene rings is 3. The highest BCUT2D eigenvalue weighted by molar-refractivity contribution is 5.82. The predicted octanol–water partition coefficient (Wildman–Crippen LogP) is 5.31. The van der Waals surface area contributed by atoms with E-state index < -0.39 is 6.10 Å². The van der Waals surface area contributed by atoms with Gasteiger partial charge in [-0.1, -0.05) is 66.2 Å². The lowest BCUT2D eigenvalue weighted by Crippen LogP contribution is -2.41. The largest absolute Gasteiger partial charge is 0.481 e. The van der Waals surface area contributed by atoms with E-state index >= 15 is 0 Å². The van der Waals surface area contributed by atoms with Gasteiger partial charge in [-0.2, -0.15) is 0 Å². The van der Waals surface area contributed by atoms with Gasteiger partial charge in [0.15, 0.2) is 6.10 Å². The zero-order chi connectivity index (χ0) is 25.2. The SMILES string of the molecule is Cc1cccc([C@@H]2c3cc(O[C@H](C)C(=O)N(C)Cc4ccccc4)ccc3CCN2C(=O)C2CC2)c1. The Morgan fingerprint density at radius 2 is 1.81 bits per heavy atom. The lowest BCUT2D eigenvalue weighted by molar-refractivity contribution is -0.137. The number of likely N-dealkylation sites (N-methyl/N-ethyl adjacent to an activating group) is 1. The average molecular weight is 483 g/mol. The summed E-state index contributed by atoms with van der Waals surface area (Å²) in [5.41, 5.74) is 5.70. The van der Waals surface area contributed by atoms with Crippen molar-refractivity contribution in [3.63, 3.8) is 0 Å². The molecule has 0 N–H and O–H groups in total. The molecule has 1 saturated carbocycles. The topological polar surface area (TPSA) is 49.9 Å². The van der Waals surface area contributed by atoms with E-state index in [-0.39, 0.29) is 23.8 Å². The number of amides is 2. The standard InChI is InChI=1S/C31H34N2O3/c1-21-8-7-11-26(18-21)29-28-19-27(15-14-24(28)16-17-33(29)31(35)25-12-13-25)36-22(2)30(34)32(3)20-23-9-5-4-6-10-23/h4-11,14-15,18-19,22,25,29H,12-13,16-17,20H2,1-3H3/t22-,29-/m1/s1. The van der Waals surface area contributed by atoms with Crippen LogP contribution in [0.1, 0.15) is 53.6 Å². The highest BCUT2D eigenvalue weighted by atomic mass is 16.5. The maximum absolute atomic E-state index is 13.3. The summed E-state index contributed by atoms with van der Waals surface area (Å²) in [6, 6.07) is 24.3. The molecule has 3 aromatic carbocycles. The van der Waals surface area contributed by atoms with Crippen LogP contribution in [0, 0.1) is 12.8 Å². The summed E-state index contributed by atoms with van der Waals surface area (Å²) >= 11 is 0. The van der Waals surface area contributed by atoms with Crippen molar-refractivity contribution in [3.8, 4) is 5.75 Å². The normalized spacial score (nSPS) is 17.8. The molecule has 5 heteroatoms. The van der Waals surface area contributed by atoms with Crippen LogP contribution in [0.5, 0.6) is 5.75 Å². The van der Waals surface area contributed by atoms with Gasteiger partial charge in [0.05, 0.1) is 6.04 Å². The first-order chi connectivity index (χ1) is 17.4. The minimum absolute atomic E-state index is 0.0719. The predicted molar refractivity (Wildman–Crippen MR) is 141 cm³/mol. The first-order valence-corrected chi connectivity index (χ1v) is 12.9. The van der Waals surface area contributed by atoms with Crippen LogP contribution in [0.2, 0.25) is 0 Å². The molecule has 5 nitrogen and oxygen atoms in total. The van der Waals surface area contributed by atoms with Crippen molar-refractivity contribution in [1.82, 2.24) is 9.80 Å². The maximum atomic E-state index is 13.3. The molecule has 2 aliphatic rings. The number of nitrogens with zero attached hydrogens (tertiary/aromatic N) is 2. The average Bonchev–Trinajstić information content (AvgIpc) is 3.73. The minimum atomic E-state index is -0.623. The van der Waals surface area contributed by atoms with Gasteiger partial charge in [-0.3, -0.25) is 9.59 Å². The highest BCUT2D eigenvalue weighted by Crippen LogP contribution is 2.41. The molecular formula is C31H34N2O3. The number of fused-ring (bicyclic) bond motifs is 1. The van der Waals surface area contributed by atoms with E-state index in [1.165, 1.54) is 11.1 Å². The Morgan fingerprint density at radius 1 is 1.03 bits per heavy atom. The Labute approximate surface area is 213 Å². The van der Waals surface area contributed by atoms with E-state index in [0.717, 1.165) is 42.5 Å². The fourth-order valence-corrected chi connectivity index (χ4v) is 5.17. The molecule has 0 spiro atoms. The summed E-state index contributed by atoms with van der Waals surface area (Å²) in [5.74, 6) is 0.999. The molecule has 0 bridgehead atoms. The molecule has 0 unspecified atom stereocenters. The Balaban J connectivity index is 1.39. The summed E-state index contributed by atoms with van der Waals surface area (Å²) in [7, 11) is 1.80. The molecule has 1 aliphatic heterocycles. The van der Waals surface area contributed by atoms with Crippen LogP contribution in [0.4, 0.5) is 0 Å². The highest BCUT2D eigenvalue weighted by Gasteiger charge is 2.39. The Bertz CT molecular complexity index is 1250. The molecule has 3 aromatic rings. The van der Waals surface area contributed by atoms with E-state index in [9.17, 15) is 9.59 Å². The van der Waals surface area contributed by atoms with Crippen molar-refractivity contribution < 1.29 is 14.3 Å². The van der Waals surface area contributed by atoms with Crippen molar-refractivity contribution in [2.24, 2.45) is 5.92 Å². The fraction of sp³-hybridized carbons (Fsp3) is 0.355. The lowest BCUT2D eigenvalue weighted by atomic mass is 9.87. The quantitative estimate of drug-likeness (QED) is 0.459. The van der Waals surface area contributed by atoms with Crippen LogP contribution in [0.25, 0.3) is 0 Å². The maximum Gasteiger partial charge on any atom is 0.263 e. The molecule has 5 rings (SSSR count). The van der Waals surface area contributed by atoms with E-state index in [2.05, 4.69) is 42.2 Å². The molecule has 2 amide bonds. The molecule has 2 atom stereocenters. The van der Waals surface area contributed by atoms with Crippen LogP contribution in [0.15, 0.2) is 72.8 Å². The Morgan fingerprint density at radius 3 is 2.53 bits per heavy atom. The van der Waals surface area contributed by atoms with Gasteiger partial charge in [0.1, 0.15) is 5.75 Å². The molecular weight excluding hydrogens is 448 g/mol. The smallest absolute Gasteiger partial charge is 0.263 e. The molecule has 0 aromatic heterocycles. The van der Waals surface area contributed by atoms with Crippen molar-refractivity contribution in [2.45, 2.75) is 51.8 Å². The first-order valence-electron chi connectivity index (χ1n) is 12.9. The van der Waals surface area contributed by atoms with E-state index in [1.54, 1.807) is 18.9 Å². The number of aryl methyl sites for hydroxylation is 1. The number of rotatable bonds is 7. The van der Waals surface area contributed by atoms with Gasteiger partial charge in [0.2, 0.25) is 5.91 Å². The minimum Gasteiger partial charge on any atom is -0.481 e. The third-order valence-electron chi connectivity index (χ3n) is 7.21. The summed E-state index contributed by atoms with van der Waals surface area (Å²) in [5, 5.41) is 0. The zero-order valence-corrected chi connectivity index (χ0v) is 21.3. The second-order valence-corrected chi connectivity index (χ2v) is 10.2. The van der Waals surface area contributed by atoms with E-state index in [0.29, 0.717) is 12.3 Å². The number of hydrogen-bond acceptors (Lipinski definition) is 3. The number of hydrogen-bond donors (Lipinski definition) is 0. The summed E-state index contributed by atoms with van der Waals surface area (Å²) in [6.07, 6.45) is 2.18. The second kappa shape index (κ2) is 10.2. The third-order valence-corrected chi connectivity index (χ3v) is 7.21. The van der Waals surface area contributed by atoms with Gasteiger partial charge in [-0.05, 0) is 67.5 Å². The van der Waals surface area contributed by atoms with E-state index in [1.807, 2.05) is 42.5 Å². The molecule has 1 aliphatic carbocycles. The Kier molecular flexibility index (Phi) is 6.82. The molecule has 1 fully saturated rings. The van der Waals surface area contributed by atoms with Crippen molar-refractivity contribution in [3.05, 3.63) is 101 Å². The second-order valence-electron chi connectivity index (χ2n) is 10.2. The molecule has 0 radical (unpaired) electrons. The third kappa shape index (κ3) is 5.15. The van der Waals surface area contributed by atoms with Crippen LogP contribution >= 0.6 is 0 Å². The number of carbonyl (C=O) groups is 2. The summed E-state index contributed by atoms with van der Waals surface area (Å²) in [4.78, 5) is 30.1. The zero-order valence-electron chi connectivity index (χ0n) is 21.3. The van der Waals surface area contributed by atoms with Gasteiger partial charge >= 0.3 is 0 Å². The van der Waals surface area contributed by atoms with Gasteiger partial charge in [0, 0.05) is 26.1 Å². The first kappa shape index (κ1) is 24.1. The molecule has 186 valence electrons. The lowest BCUT2D eigenvalue weighted by Gasteiger charge is -2.38. The fourth-order valence-electron chi connectivity index (χ4n) is 5.17. The number of ether oxygens (including phenoxy) is 1. The molecule has 1 heterocycles. The van der Waals surface area contributed by atoms with E-state index in [4.69, 9.17) is 4.74 Å². The summed E-state index contributed by atoms with van der Waals surface area (Å²) in [6.45, 7) is 5.13. The molecule has 36 heavy (non-hydrogen) atoms. The van der Waals surface area contributed by atoms with Crippen molar-refractivity contribution >= 4 is 11.8 Å².